The highest BCUT2D eigenvalue weighted by molar-refractivity contribution is 7.17. The van der Waals surface area contributed by atoms with Crippen LogP contribution in [0.3, 0.4) is 0 Å². The number of benzene rings is 2. The fourth-order valence-corrected chi connectivity index (χ4v) is 3.40. The Morgan fingerprint density at radius 2 is 1.92 bits per heavy atom. The second kappa shape index (κ2) is 7.32. The average molecular weight is 368 g/mol. The molecule has 0 aliphatic heterocycles. The van der Waals surface area contributed by atoms with Gasteiger partial charge in [0, 0.05) is 11.6 Å². The number of rotatable bonds is 5. The summed E-state index contributed by atoms with van der Waals surface area (Å²) in [5.74, 6) is 0.202. The Hall–Kier alpha value is -3.26. The van der Waals surface area contributed by atoms with E-state index < -0.39 is 4.92 Å². The van der Waals surface area contributed by atoms with Crippen LogP contribution < -0.4 is 5.43 Å². The van der Waals surface area contributed by atoms with Gasteiger partial charge in [-0.25, -0.2) is 4.98 Å². The van der Waals surface area contributed by atoms with Gasteiger partial charge in [-0.1, -0.05) is 12.1 Å². The van der Waals surface area contributed by atoms with Crippen LogP contribution in [0.1, 0.15) is 17.5 Å². The van der Waals surface area contributed by atoms with Crippen LogP contribution in [0.5, 0.6) is 5.75 Å². The zero-order chi connectivity index (χ0) is 18.7. The number of phenols is 1. The fourth-order valence-electron chi connectivity index (χ4n) is 2.38. The first kappa shape index (κ1) is 17.6. The quantitative estimate of drug-likeness (QED) is 0.390. The fraction of sp³-hybridized carbons (Fsp3) is 0.111. The minimum Gasteiger partial charge on any atom is -0.508 e. The number of hydrogen-bond donors (Lipinski definition) is 2. The van der Waals surface area contributed by atoms with Gasteiger partial charge in [-0.15, -0.1) is 11.3 Å². The standard InChI is InChI=1S/C18H16N4O3S/c1-11-17(26-18(19-11)13-7-9-14(23)10-8-13)12(2)20-21-15-5-3-4-6-16(15)22(24)25/h3-10,21,23H,1-2H3/b20-12+. The van der Waals surface area contributed by atoms with Crippen molar-refractivity contribution < 1.29 is 10.0 Å². The first-order valence-corrected chi connectivity index (χ1v) is 8.58. The number of nitrogens with one attached hydrogen (secondary N) is 1. The van der Waals surface area contributed by atoms with Crippen LogP contribution in [0.15, 0.2) is 53.6 Å². The Labute approximate surface area is 153 Å². The normalized spacial score (nSPS) is 11.4. The Balaban J connectivity index is 1.86. The van der Waals surface area contributed by atoms with Crippen molar-refractivity contribution in [1.82, 2.24) is 4.98 Å². The maximum absolute atomic E-state index is 11.1. The molecule has 7 nitrogen and oxygen atoms in total. The number of aromatic nitrogens is 1. The molecule has 3 aromatic rings. The van der Waals surface area contributed by atoms with E-state index in [1.54, 1.807) is 42.5 Å². The van der Waals surface area contributed by atoms with Gasteiger partial charge in [0.2, 0.25) is 0 Å². The van der Waals surface area contributed by atoms with Crippen LogP contribution in [-0.4, -0.2) is 20.7 Å². The van der Waals surface area contributed by atoms with Crippen molar-refractivity contribution in [2.75, 3.05) is 5.43 Å². The number of aryl methyl sites for hydroxylation is 1. The molecule has 8 heteroatoms. The molecule has 0 radical (unpaired) electrons. The summed E-state index contributed by atoms with van der Waals surface area (Å²) in [7, 11) is 0. The highest BCUT2D eigenvalue weighted by Crippen LogP contribution is 2.30. The molecule has 0 saturated heterocycles. The van der Waals surface area contributed by atoms with E-state index in [9.17, 15) is 15.2 Å². The number of nitrogens with zero attached hydrogens (tertiary/aromatic N) is 3. The van der Waals surface area contributed by atoms with Gasteiger partial charge in [-0.05, 0) is 44.2 Å². The van der Waals surface area contributed by atoms with E-state index in [-0.39, 0.29) is 11.4 Å². The van der Waals surface area contributed by atoms with E-state index >= 15 is 0 Å². The molecule has 1 heterocycles. The number of aromatic hydroxyl groups is 1. The van der Waals surface area contributed by atoms with Crippen molar-refractivity contribution in [2.24, 2.45) is 5.10 Å². The van der Waals surface area contributed by atoms with Crippen molar-refractivity contribution in [1.29, 1.82) is 0 Å². The van der Waals surface area contributed by atoms with Gasteiger partial charge in [-0.3, -0.25) is 15.5 Å². The largest absolute Gasteiger partial charge is 0.508 e. The van der Waals surface area contributed by atoms with Crippen molar-refractivity contribution in [3.63, 3.8) is 0 Å². The minimum absolute atomic E-state index is 0.0325. The topological polar surface area (TPSA) is 101 Å². The molecule has 0 bridgehead atoms. The van der Waals surface area contributed by atoms with Gasteiger partial charge in [0.05, 0.1) is 21.2 Å². The van der Waals surface area contributed by atoms with E-state index in [4.69, 9.17) is 0 Å². The Morgan fingerprint density at radius 3 is 2.62 bits per heavy atom. The second-order valence-corrected chi connectivity index (χ2v) is 6.56. The summed E-state index contributed by atoms with van der Waals surface area (Å²) < 4.78 is 0. The lowest BCUT2D eigenvalue weighted by Gasteiger charge is -2.03. The second-order valence-electron chi connectivity index (χ2n) is 5.56. The number of para-hydroxylation sites is 2. The lowest BCUT2D eigenvalue weighted by molar-refractivity contribution is -0.384. The smallest absolute Gasteiger partial charge is 0.294 e. The summed E-state index contributed by atoms with van der Waals surface area (Å²) in [6.07, 6.45) is 0. The number of phenolic OH excluding ortho intramolecular Hbond substituents is 1. The first-order chi connectivity index (χ1) is 12.5. The van der Waals surface area contributed by atoms with Crippen LogP contribution >= 0.6 is 11.3 Å². The Kier molecular flexibility index (Phi) is 4.94. The number of nitro benzene ring substituents is 1. The molecule has 0 atom stereocenters. The zero-order valence-corrected chi connectivity index (χ0v) is 14.9. The maximum atomic E-state index is 11.1. The number of hydrazone groups is 1. The van der Waals surface area contributed by atoms with E-state index in [1.165, 1.54) is 17.4 Å². The van der Waals surface area contributed by atoms with E-state index in [2.05, 4.69) is 15.5 Å². The molecule has 1 aromatic heterocycles. The molecule has 0 unspecified atom stereocenters. The molecular formula is C18H16N4O3S. The molecule has 2 aromatic carbocycles. The molecule has 26 heavy (non-hydrogen) atoms. The third-order valence-corrected chi connectivity index (χ3v) is 5.00. The Morgan fingerprint density at radius 1 is 1.23 bits per heavy atom. The first-order valence-electron chi connectivity index (χ1n) is 7.76. The number of anilines is 1. The molecule has 132 valence electrons. The molecule has 0 aliphatic rings. The van der Waals surface area contributed by atoms with Crippen LogP contribution in [0.25, 0.3) is 10.6 Å². The predicted molar refractivity (Wildman–Crippen MR) is 103 cm³/mol. The van der Waals surface area contributed by atoms with Crippen molar-refractivity contribution in [3.05, 3.63) is 69.2 Å². The number of nitro groups is 1. The van der Waals surface area contributed by atoms with E-state index in [0.717, 1.165) is 21.1 Å². The van der Waals surface area contributed by atoms with E-state index in [0.29, 0.717) is 11.4 Å². The van der Waals surface area contributed by atoms with Gasteiger partial charge in [-0.2, -0.15) is 5.10 Å². The molecule has 0 fully saturated rings. The van der Waals surface area contributed by atoms with Crippen LogP contribution in [0.4, 0.5) is 11.4 Å². The molecule has 2 N–H and O–H groups in total. The van der Waals surface area contributed by atoms with Crippen molar-refractivity contribution in [2.45, 2.75) is 13.8 Å². The summed E-state index contributed by atoms with van der Waals surface area (Å²) in [4.78, 5) is 16.1. The summed E-state index contributed by atoms with van der Waals surface area (Å²) in [5, 5.41) is 25.6. The number of hydrogen-bond acceptors (Lipinski definition) is 7. The van der Waals surface area contributed by atoms with Crippen molar-refractivity contribution >= 4 is 28.4 Å². The predicted octanol–water partition coefficient (Wildman–Crippen LogP) is 4.57. The third kappa shape index (κ3) is 3.70. The molecule has 0 saturated carbocycles. The van der Waals surface area contributed by atoms with Crippen LogP contribution in [0.2, 0.25) is 0 Å². The van der Waals surface area contributed by atoms with Gasteiger partial charge < -0.3 is 5.11 Å². The van der Waals surface area contributed by atoms with Crippen LogP contribution in [-0.2, 0) is 0 Å². The van der Waals surface area contributed by atoms with Crippen molar-refractivity contribution in [3.8, 4) is 16.3 Å². The maximum Gasteiger partial charge on any atom is 0.294 e. The van der Waals surface area contributed by atoms with Gasteiger partial charge in [0.25, 0.3) is 5.69 Å². The summed E-state index contributed by atoms with van der Waals surface area (Å²) in [6, 6.07) is 13.2. The monoisotopic (exact) mass is 368 g/mol. The van der Waals surface area contributed by atoms with Crippen LogP contribution in [0, 0.1) is 17.0 Å². The third-order valence-electron chi connectivity index (χ3n) is 3.68. The average Bonchev–Trinajstić information content (AvgIpc) is 3.02. The van der Waals surface area contributed by atoms with Gasteiger partial charge >= 0.3 is 0 Å². The van der Waals surface area contributed by atoms with Gasteiger partial charge in [0.1, 0.15) is 16.4 Å². The SMILES string of the molecule is C/C(=N\Nc1ccccc1[N+](=O)[O-])c1sc(-c2ccc(O)cc2)nc1C. The lowest BCUT2D eigenvalue weighted by atomic mass is 10.2. The summed E-state index contributed by atoms with van der Waals surface area (Å²) in [5.41, 5.74) is 5.48. The summed E-state index contributed by atoms with van der Waals surface area (Å²) >= 11 is 1.47. The summed E-state index contributed by atoms with van der Waals surface area (Å²) in [6.45, 7) is 3.71. The zero-order valence-electron chi connectivity index (χ0n) is 14.1. The highest BCUT2D eigenvalue weighted by atomic mass is 32.1. The molecule has 3 rings (SSSR count). The van der Waals surface area contributed by atoms with E-state index in [1.807, 2.05) is 13.8 Å². The molecule has 0 amide bonds. The lowest BCUT2D eigenvalue weighted by Crippen LogP contribution is -2.01. The minimum atomic E-state index is -0.450. The highest BCUT2D eigenvalue weighted by Gasteiger charge is 2.14. The van der Waals surface area contributed by atoms with Gasteiger partial charge in [0.15, 0.2) is 0 Å². The molecular weight excluding hydrogens is 352 g/mol. The Bertz CT molecular complexity index is 980. The molecule has 0 spiro atoms. The molecule has 0 aliphatic carbocycles. The number of thiazole rings is 1.